The third kappa shape index (κ3) is 3.59. The number of hydrogen-bond acceptors (Lipinski definition) is 7. The first-order valence-corrected chi connectivity index (χ1v) is 9.81. The number of alkyl halides is 3. The molecule has 1 atom stereocenters. The molecule has 0 aromatic carbocycles. The van der Waals surface area contributed by atoms with Crippen molar-refractivity contribution in [3.8, 4) is 11.5 Å². The summed E-state index contributed by atoms with van der Waals surface area (Å²) in [7, 11) is 0. The van der Waals surface area contributed by atoms with E-state index in [1.807, 2.05) is 6.07 Å². The van der Waals surface area contributed by atoms with Gasteiger partial charge < -0.3 is 10.2 Å². The number of piperazine rings is 1. The van der Waals surface area contributed by atoms with E-state index in [2.05, 4.69) is 36.0 Å². The molecule has 11 heteroatoms. The van der Waals surface area contributed by atoms with E-state index in [4.69, 9.17) is 0 Å². The van der Waals surface area contributed by atoms with Crippen LogP contribution in [0.1, 0.15) is 5.56 Å². The van der Waals surface area contributed by atoms with Gasteiger partial charge in [-0.25, -0.2) is 15.0 Å². The van der Waals surface area contributed by atoms with Crippen LogP contribution in [0, 0.1) is 5.92 Å². The number of halogens is 3. The van der Waals surface area contributed by atoms with E-state index in [0.717, 1.165) is 50.8 Å². The fraction of sp³-hybridized carbons (Fsp3) is 0.421. The summed E-state index contributed by atoms with van der Waals surface area (Å²) in [4.78, 5) is 15.3. The van der Waals surface area contributed by atoms with Crippen LogP contribution in [0.2, 0.25) is 0 Å². The van der Waals surface area contributed by atoms with E-state index in [1.165, 1.54) is 16.7 Å². The van der Waals surface area contributed by atoms with Crippen LogP contribution in [0.4, 0.5) is 19.0 Å². The predicted molar refractivity (Wildman–Crippen MR) is 105 cm³/mol. The smallest absolute Gasteiger partial charge is 0.354 e. The Balaban J connectivity index is 1.45. The molecule has 2 fully saturated rings. The van der Waals surface area contributed by atoms with Crippen molar-refractivity contribution in [2.24, 2.45) is 5.92 Å². The molecule has 0 saturated carbocycles. The molecule has 3 N–H and O–H groups in total. The summed E-state index contributed by atoms with van der Waals surface area (Å²) in [5.74, 6) is 1.58. The molecule has 0 spiro atoms. The molecule has 8 nitrogen and oxygen atoms in total. The molecular weight excluding hydrogens is 397 g/mol. The summed E-state index contributed by atoms with van der Waals surface area (Å²) in [5, 5.41) is 3.56. The van der Waals surface area contributed by atoms with Crippen LogP contribution in [0.5, 0.6) is 0 Å². The molecule has 0 radical (unpaired) electrons. The monoisotopic (exact) mass is 418 g/mol. The van der Waals surface area contributed by atoms with Gasteiger partial charge in [0, 0.05) is 57.1 Å². The van der Waals surface area contributed by atoms with E-state index < -0.39 is 11.7 Å². The van der Waals surface area contributed by atoms with Gasteiger partial charge in [0.05, 0.1) is 11.8 Å². The Bertz CT molecular complexity index is 1040. The van der Waals surface area contributed by atoms with Crippen LogP contribution in [0.15, 0.2) is 36.8 Å². The number of hydrogen-bond donors (Lipinski definition) is 3. The van der Waals surface area contributed by atoms with Crippen LogP contribution in [-0.4, -0.2) is 58.1 Å². The van der Waals surface area contributed by atoms with E-state index in [0.29, 0.717) is 29.1 Å². The average molecular weight is 418 g/mol. The Morgan fingerprint density at radius 3 is 2.70 bits per heavy atom. The second-order valence-electron chi connectivity index (χ2n) is 7.55. The highest BCUT2D eigenvalue weighted by molar-refractivity contribution is 5.59. The number of imidazole rings is 1. The van der Waals surface area contributed by atoms with Crippen molar-refractivity contribution in [1.82, 2.24) is 35.5 Å². The summed E-state index contributed by atoms with van der Waals surface area (Å²) in [6, 6.07) is 4.53. The number of hydrazine groups is 1. The first-order chi connectivity index (χ1) is 14.5. The van der Waals surface area contributed by atoms with Gasteiger partial charge in [-0.3, -0.25) is 15.3 Å². The summed E-state index contributed by atoms with van der Waals surface area (Å²) in [6.07, 6.45) is -0.252. The van der Waals surface area contributed by atoms with Crippen LogP contribution < -0.4 is 21.1 Å². The standard InChI is InChI=1S/C19H21F3N8/c20-19(21,22)13-1-2-16-25-9-15(30(16)10-13)18-24-4-3-17(28-18)29-6-5-23-14(11-29)12-7-26-27-8-12/h1-4,9-10,12,14,23,26-27H,5-8,11H2. The maximum Gasteiger partial charge on any atom is 0.417 e. The number of aromatic nitrogens is 4. The van der Waals surface area contributed by atoms with Crippen molar-refractivity contribution in [1.29, 1.82) is 0 Å². The number of nitrogens with one attached hydrogen (secondary N) is 3. The topological polar surface area (TPSA) is 82.4 Å². The Hall–Kier alpha value is -2.76. The molecule has 0 bridgehead atoms. The molecule has 2 saturated heterocycles. The second kappa shape index (κ2) is 7.49. The number of pyridine rings is 1. The Morgan fingerprint density at radius 2 is 1.90 bits per heavy atom. The molecule has 3 aromatic rings. The van der Waals surface area contributed by atoms with E-state index in [-0.39, 0.29) is 0 Å². The lowest BCUT2D eigenvalue weighted by Crippen LogP contribution is -2.55. The summed E-state index contributed by atoms with van der Waals surface area (Å²) >= 11 is 0. The lowest BCUT2D eigenvalue weighted by Gasteiger charge is -2.37. The minimum absolute atomic E-state index is 0.324. The Labute approximate surface area is 170 Å². The van der Waals surface area contributed by atoms with Crippen LogP contribution in [-0.2, 0) is 6.18 Å². The second-order valence-corrected chi connectivity index (χ2v) is 7.55. The summed E-state index contributed by atoms with van der Waals surface area (Å²) in [5.41, 5.74) is 6.42. The maximum absolute atomic E-state index is 13.1. The van der Waals surface area contributed by atoms with E-state index in [9.17, 15) is 13.2 Å². The molecule has 2 aliphatic heterocycles. The summed E-state index contributed by atoms with van der Waals surface area (Å²) in [6.45, 7) is 4.25. The highest BCUT2D eigenvalue weighted by atomic mass is 19.4. The minimum atomic E-state index is -4.43. The highest BCUT2D eigenvalue weighted by Crippen LogP contribution is 2.30. The van der Waals surface area contributed by atoms with Gasteiger partial charge in [0.2, 0.25) is 0 Å². The average Bonchev–Trinajstić information content (AvgIpc) is 3.43. The van der Waals surface area contributed by atoms with E-state index >= 15 is 0 Å². The zero-order valence-electron chi connectivity index (χ0n) is 16.0. The SMILES string of the molecule is FC(F)(F)c1ccc2ncc(-c3nccc(N4CCNC(C5CNNC5)C4)n3)n2c1. The van der Waals surface area contributed by atoms with Gasteiger partial charge >= 0.3 is 6.18 Å². The molecule has 5 heterocycles. The largest absolute Gasteiger partial charge is 0.417 e. The molecule has 1 unspecified atom stereocenters. The zero-order chi connectivity index (χ0) is 20.7. The number of anilines is 1. The quantitative estimate of drug-likeness (QED) is 0.592. The molecule has 0 amide bonds. The number of rotatable bonds is 3. The van der Waals surface area contributed by atoms with Gasteiger partial charge in [-0.05, 0) is 18.2 Å². The third-order valence-electron chi connectivity index (χ3n) is 5.65. The van der Waals surface area contributed by atoms with Gasteiger partial charge in [-0.1, -0.05) is 0 Å². The van der Waals surface area contributed by atoms with E-state index in [1.54, 1.807) is 6.20 Å². The fourth-order valence-corrected chi connectivity index (χ4v) is 4.03. The first-order valence-electron chi connectivity index (χ1n) is 9.81. The van der Waals surface area contributed by atoms with Crippen molar-refractivity contribution in [2.45, 2.75) is 12.2 Å². The zero-order valence-corrected chi connectivity index (χ0v) is 16.0. The van der Waals surface area contributed by atoms with Gasteiger partial charge in [0.15, 0.2) is 5.82 Å². The lowest BCUT2D eigenvalue weighted by molar-refractivity contribution is -0.137. The van der Waals surface area contributed by atoms with Crippen molar-refractivity contribution in [3.05, 3.63) is 42.4 Å². The Morgan fingerprint density at radius 1 is 1.07 bits per heavy atom. The molecule has 2 aliphatic rings. The minimum Gasteiger partial charge on any atom is -0.354 e. The Kier molecular flexibility index (Phi) is 4.80. The van der Waals surface area contributed by atoms with Crippen LogP contribution in [0.25, 0.3) is 17.2 Å². The van der Waals surface area contributed by atoms with Crippen LogP contribution in [0.3, 0.4) is 0 Å². The first kappa shape index (κ1) is 19.2. The maximum atomic E-state index is 13.1. The van der Waals surface area contributed by atoms with Crippen molar-refractivity contribution in [2.75, 3.05) is 37.6 Å². The number of nitrogens with zero attached hydrogens (tertiary/aromatic N) is 5. The fourth-order valence-electron chi connectivity index (χ4n) is 4.03. The lowest BCUT2D eigenvalue weighted by atomic mass is 9.99. The van der Waals surface area contributed by atoms with Crippen molar-refractivity contribution in [3.63, 3.8) is 0 Å². The third-order valence-corrected chi connectivity index (χ3v) is 5.65. The van der Waals surface area contributed by atoms with Crippen molar-refractivity contribution >= 4 is 11.5 Å². The van der Waals surface area contributed by atoms with Crippen molar-refractivity contribution < 1.29 is 13.2 Å². The molecule has 158 valence electrons. The molecule has 3 aromatic heterocycles. The van der Waals surface area contributed by atoms with Gasteiger partial charge in [0.1, 0.15) is 17.2 Å². The molecule has 30 heavy (non-hydrogen) atoms. The normalized spacial score (nSPS) is 20.9. The van der Waals surface area contributed by atoms with Gasteiger partial charge in [0.25, 0.3) is 0 Å². The summed E-state index contributed by atoms with van der Waals surface area (Å²) < 4.78 is 40.8. The number of fused-ring (bicyclic) bond motifs is 1. The van der Waals surface area contributed by atoms with Gasteiger partial charge in [-0.15, -0.1) is 0 Å². The molecule has 5 rings (SSSR count). The molecule has 0 aliphatic carbocycles. The predicted octanol–water partition coefficient (Wildman–Crippen LogP) is 1.31. The van der Waals surface area contributed by atoms with Crippen LogP contribution >= 0.6 is 0 Å². The molecular formula is C19H21F3N8. The van der Waals surface area contributed by atoms with Gasteiger partial charge in [-0.2, -0.15) is 13.2 Å². The highest BCUT2D eigenvalue weighted by Gasteiger charge is 2.32.